The van der Waals surface area contributed by atoms with Gasteiger partial charge in [-0.25, -0.2) is 0 Å². The first kappa shape index (κ1) is 26.4. The number of aliphatic hydroxyl groups is 1. The number of halogens is 1. The Morgan fingerprint density at radius 1 is 1.21 bits per heavy atom. The van der Waals surface area contributed by atoms with E-state index in [0.717, 1.165) is 54.0 Å². The highest BCUT2D eigenvalue weighted by Gasteiger charge is 2.24. The molecule has 4 N–H and O–H groups in total. The van der Waals surface area contributed by atoms with E-state index in [1.807, 2.05) is 37.5 Å². The van der Waals surface area contributed by atoms with E-state index in [0.29, 0.717) is 29.2 Å². The van der Waals surface area contributed by atoms with Gasteiger partial charge in [-0.3, -0.25) is 4.68 Å². The lowest BCUT2D eigenvalue weighted by atomic mass is 10.0. The normalized spacial score (nSPS) is 15.1. The van der Waals surface area contributed by atoms with Crippen LogP contribution in [0.3, 0.4) is 0 Å². The summed E-state index contributed by atoms with van der Waals surface area (Å²) in [5, 5.41) is 23.9. The average molecular weight is 538 g/mol. The molecule has 11 heteroatoms. The number of benzene rings is 1. The summed E-state index contributed by atoms with van der Waals surface area (Å²) in [6, 6.07) is 7.88. The molecule has 0 bridgehead atoms. The fourth-order valence-corrected chi connectivity index (χ4v) is 5.20. The van der Waals surface area contributed by atoms with Crippen LogP contribution in [0.15, 0.2) is 30.5 Å². The van der Waals surface area contributed by atoms with Gasteiger partial charge in [0.05, 0.1) is 17.6 Å². The summed E-state index contributed by atoms with van der Waals surface area (Å²) in [6.45, 7) is 9.80. The molecule has 1 aliphatic rings. The molecule has 3 aromatic heterocycles. The van der Waals surface area contributed by atoms with Gasteiger partial charge in [-0.1, -0.05) is 37.6 Å². The van der Waals surface area contributed by atoms with E-state index in [4.69, 9.17) is 27.3 Å². The largest absolute Gasteiger partial charge is 0.384 e. The minimum atomic E-state index is -1.02. The predicted molar refractivity (Wildman–Crippen MR) is 151 cm³/mol. The Balaban J connectivity index is 1.52. The van der Waals surface area contributed by atoms with Crippen LogP contribution in [0.25, 0.3) is 16.9 Å². The van der Waals surface area contributed by atoms with E-state index in [-0.39, 0.29) is 12.0 Å². The minimum absolute atomic E-state index is 0.218. The zero-order valence-corrected chi connectivity index (χ0v) is 23.4. The second-order valence-electron chi connectivity index (χ2n) is 10.9. The molecule has 202 valence electrons. The number of hydrogen-bond acceptors (Lipinski definition) is 8. The van der Waals surface area contributed by atoms with Crippen molar-refractivity contribution in [3.05, 3.63) is 52.3 Å². The molecule has 4 aromatic rings. The van der Waals surface area contributed by atoms with Crippen LogP contribution < -0.4 is 16.0 Å². The standard InChI is InChI=1S/C27H36ClN9O/c1-16(2)19-15-31-37-24(19)32-26(36-11-9-17(29)10-12-36)33-25(37)30-14-20-18(7-6-8-21(20)28)22-13-23(27(3,4)38)35(5)34-22/h6-8,13,15-17,38H,9-12,14,29H2,1-5H3,(H,30,32,33). The summed E-state index contributed by atoms with van der Waals surface area (Å²) in [5.41, 5.74) is 10.2. The summed E-state index contributed by atoms with van der Waals surface area (Å²) in [7, 11) is 1.83. The van der Waals surface area contributed by atoms with Gasteiger partial charge in [0.15, 0.2) is 5.65 Å². The lowest BCUT2D eigenvalue weighted by Crippen LogP contribution is -2.40. The number of nitrogens with two attached hydrogens (primary N) is 1. The summed E-state index contributed by atoms with van der Waals surface area (Å²) < 4.78 is 3.47. The molecule has 38 heavy (non-hydrogen) atoms. The smallest absolute Gasteiger partial charge is 0.230 e. The molecule has 0 radical (unpaired) electrons. The number of nitrogens with zero attached hydrogens (tertiary/aromatic N) is 7. The number of fused-ring (bicyclic) bond motifs is 1. The number of aryl methyl sites for hydroxylation is 1. The SMILES string of the molecule is CC(C)c1cnn2c(NCc3c(Cl)cccc3-c3cc(C(C)(C)O)n(C)n3)nc(N3CCC(N)CC3)nc12. The minimum Gasteiger partial charge on any atom is -0.384 e. The number of anilines is 2. The van der Waals surface area contributed by atoms with Crippen molar-refractivity contribution in [1.29, 1.82) is 0 Å². The van der Waals surface area contributed by atoms with Gasteiger partial charge in [-0.2, -0.15) is 24.7 Å². The van der Waals surface area contributed by atoms with E-state index in [1.54, 1.807) is 23.0 Å². The molecule has 1 aromatic carbocycles. The third-order valence-corrected chi connectivity index (χ3v) is 7.51. The van der Waals surface area contributed by atoms with Gasteiger partial charge in [-0.05, 0) is 50.3 Å². The molecule has 1 fully saturated rings. The van der Waals surface area contributed by atoms with Gasteiger partial charge in [0.1, 0.15) is 5.60 Å². The van der Waals surface area contributed by atoms with E-state index in [9.17, 15) is 5.11 Å². The maximum atomic E-state index is 10.6. The Morgan fingerprint density at radius 2 is 1.95 bits per heavy atom. The summed E-state index contributed by atoms with van der Waals surface area (Å²) in [6.07, 6.45) is 3.68. The molecule has 1 saturated heterocycles. The van der Waals surface area contributed by atoms with E-state index in [2.05, 4.69) is 34.3 Å². The van der Waals surface area contributed by atoms with Crippen LogP contribution in [0.4, 0.5) is 11.9 Å². The van der Waals surface area contributed by atoms with Crippen LogP contribution in [-0.4, -0.2) is 53.6 Å². The van der Waals surface area contributed by atoms with Crippen LogP contribution in [-0.2, 0) is 19.2 Å². The summed E-state index contributed by atoms with van der Waals surface area (Å²) in [5.74, 6) is 1.53. The average Bonchev–Trinajstić information content (AvgIpc) is 3.47. The molecule has 4 heterocycles. The van der Waals surface area contributed by atoms with Crippen molar-refractivity contribution in [2.75, 3.05) is 23.3 Å². The van der Waals surface area contributed by atoms with Crippen LogP contribution in [0.2, 0.25) is 5.02 Å². The van der Waals surface area contributed by atoms with Crippen molar-refractivity contribution in [1.82, 2.24) is 29.4 Å². The second-order valence-corrected chi connectivity index (χ2v) is 11.3. The van der Waals surface area contributed by atoms with Gasteiger partial charge in [0, 0.05) is 48.9 Å². The zero-order chi connectivity index (χ0) is 27.2. The highest BCUT2D eigenvalue weighted by Crippen LogP contribution is 2.32. The number of rotatable bonds is 7. The molecule has 0 aliphatic carbocycles. The van der Waals surface area contributed by atoms with Gasteiger partial charge in [-0.15, -0.1) is 0 Å². The van der Waals surface area contributed by atoms with Gasteiger partial charge < -0.3 is 21.1 Å². The van der Waals surface area contributed by atoms with Crippen molar-refractivity contribution in [3.63, 3.8) is 0 Å². The highest BCUT2D eigenvalue weighted by molar-refractivity contribution is 6.31. The van der Waals surface area contributed by atoms with E-state index >= 15 is 0 Å². The molecule has 0 atom stereocenters. The predicted octanol–water partition coefficient (Wildman–Crippen LogP) is 4.07. The molecule has 0 spiro atoms. The molecular formula is C27H36ClN9O. The number of piperidine rings is 1. The second kappa shape index (κ2) is 10.2. The Morgan fingerprint density at radius 3 is 2.61 bits per heavy atom. The topological polar surface area (TPSA) is 122 Å². The number of aromatic nitrogens is 6. The van der Waals surface area contributed by atoms with E-state index < -0.39 is 5.60 Å². The molecule has 0 amide bonds. The third-order valence-electron chi connectivity index (χ3n) is 7.15. The van der Waals surface area contributed by atoms with Gasteiger partial charge >= 0.3 is 0 Å². The summed E-state index contributed by atoms with van der Waals surface area (Å²) in [4.78, 5) is 12.0. The monoisotopic (exact) mass is 537 g/mol. The third kappa shape index (κ3) is 5.08. The molecule has 5 rings (SSSR count). The van der Waals surface area contributed by atoms with Crippen molar-refractivity contribution >= 4 is 29.1 Å². The van der Waals surface area contributed by atoms with Crippen LogP contribution in [0.5, 0.6) is 0 Å². The van der Waals surface area contributed by atoms with Crippen molar-refractivity contribution in [2.45, 2.75) is 64.6 Å². The lowest BCUT2D eigenvalue weighted by molar-refractivity contribution is 0.0696. The van der Waals surface area contributed by atoms with Crippen LogP contribution in [0.1, 0.15) is 63.3 Å². The Hall–Kier alpha value is -3.21. The molecule has 0 unspecified atom stereocenters. The van der Waals surface area contributed by atoms with Gasteiger partial charge in [0.2, 0.25) is 11.9 Å². The first-order valence-electron chi connectivity index (χ1n) is 13.1. The van der Waals surface area contributed by atoms with Crippen molar-refractivity contribution in [3.8, 4) is 11.3 Å². The van der Waals surface area contributed by atoms with Crippen LogP contribution in [0, 0.1) is 0 Å². The van der Waals surface area contributed by atoms with E-state index in [1.165, 1.54) is 0 Å². The first-order chi connectivity index (χ1) is 18.0. The first-order valence-corrected chi connectivity index (χ1v) is 13.5. The van der Waals surface area contributed by atoms with Crippen LogP contribution >= 0.6 is 11.6 Å². The molecule has 10 nitrogen and oxygen atoms in total. The molecule has 0 saturated carbocycles. The zero-order valence-electron chi connectivity index (χ0n) is 22.6. The quantitative estimate of drug-likeness (QED) is 0.322. The Labute approximate surface area is 227 Å². The fourth-order valence-electron chi connectivity index (χ4n) is 4.96. The molecular weight excluding hydrogens is 502 g/mol. The lowest BCUT2D eigenvalue weighted by Gasteiger charge is -2.30. The van der Waals surface area contributed by atoms with Crippen molar-refractivity contribution in [2.24, 2.45) is 12.8 Å². The summed E-state index contributed by atoms with van der Waals surface area (Å²) >= 11 is 6.71. The fraction of sp³-hybridized carbons (Fsp3) is 0.481. The van der Waals surface area contributed by atoms with Gasteiger partial charge in [0.25, 0.3) is 0 Å². The Kier molecular flexibility index (Phi) is 7.06. The molecule has 1 aliphatic heterocycles. The highest BCUT2D eigenvalue weighted by atomic mass is 35.5. The Bertz CT molecular complexity index is 1450. The number of nitrogens with one attached hydrogen (secondary N) is 1. The number of hydrogen-bond donors (Lipinski definition) is 3. The maximum absolute atomic E-state index is 10.6. The maximum Gasteiger partial charge on any atom is 0.230 e. The van der Waals surface area contributed by atoms with Crippen molar-refractivity contribution < 1.29 is 5.11 Å².